The standard InChI is InChI=1S/C28H38O8/c1-22-13-7-3-2-4-8-14-23(29)21-24(30)15-9-5-10-16-25(36-28(34)20-19-26(31)32)17-11-6-12-18-27(33)35-22/h2,4-6,8-12,14,16,18,22-25,29-30H,3,7,13,15,17,19-21H2,1H3,(H,31,32)/b4-2-,9-5?,11-6-,14-8-,16-10?,18-12?/t22-,23+,24+,25-/m1/s1. The predicted molar refractivity (Wildman–Crippen MR) is 137 cm³/mol. The minimum atomic E-state index is -1.08. The van der Waals surface area contributed by atoms with E-state index in [-0.39, 0.29) is 25.4 Å². The monoisotopic (exact) mass is 502 g/mol. The lowest BCUT2D eigenvalue weighted by Gasteiger charge is -2.12. The lowest BCUT2D eigenvalue weighted by atomic mass is 10.1. The lowest BCUT2D eigenvalue weighted by Crippen LogP contribution is -2.16. The first-order valence-corrected chi connectivity index (χ1v) is 12.2. The number of rotatable bonds is 4. The van der Waals surface area contributed by atoms with Gasteiger partial charge < -0.3 is 24.8 Å². The number of carbonyl (C=O) groups excluding carboxylic acids is 2. The van der Waals surface area contributed by atoms with E-state index in [0.717, 1.165) is 12.8 Å². The molecule has 3 N–H and O–H groups in total. The van der Waals surface area contributed by atoms with Gasteiger partial charge in [0.2, 0.25) is 0 Å². The van der Waals surface area contributed by atoms with Crippen LogP contribution >= 0.6 is 0 Å². The van der Waals surface area contributed by atoms with Crippen molar-refractivity contribution in [3.63, 3.8) is 0 Å². The van der Waals surface area contributed by atoms with Crippen LogP contribution in [-0.2, 0) is 23.9 Å². The van der Waals surface area contributed by atoms with Gasteiger partial charge in [0, 0.05) is 18.9 Å². The molecular formula is C28H38O8. The average molecular weight is 503 g/mol. The van der Waals surface area contributed by atoms with E-state index in [9.17, 15) is 24.6 Å². The molecule has 0 saturated heterocycles. The Hall–Kier alpha value is -3.23. The molecule has 0 spiro atoms. The summed E-state index contributed by atoms with van der Waals surface area (Å²) >= 11 is 0. The quantitative estimate of drug-likeness (QED) is 0.490. The van der Waals surface area contributed by atoms with E-state index in [1.807, 2.05) is 19.1 Å². The van der Waals surface area contributed by atoms with Crippen LogP contribution in [0.5, 0.6) is 0 Å². The topological polar surface area (TPSA) is 130 Å². The first-order valence-electron chi connectivity index (χ1n) is 12.2. The summed E-state index contributed by atoms with van der Waals surface area (Å²) in [5.74, 6) is -2.16. The van der Waals surface area contributed by atoms with Crippen molar-refractivity contribution in [3.05, 3.63) is 72.9 Å². The number of carboxylic acid groups (broad SMARTS) is 1. The number of carboxylic acids is 1. The average Bonchev–Trinajstić information content (AvgIpc) is 2.80. The molecule has 1 rings (SSSR count). The van der Waals surface area contributed by atoms with Crippen molar-refractivity contribution in [1.29, 1.82) is 0 Å². The molecule has 36 heavy (non-hydrogen) atoms. The van der Waals surface area contributed by atoms with Crippen LogP contribution in [0, 0.1) is 0 Å². The number of ether oxygens (including phenoxy) is 2. The minimum absolute atomic E-state index is 0.198. The van der Waals surface area contributed by atoms with E-state index in [1.54, 1.807) is 54.7 Å². The Labute approximate surface area is 213 Å². The molecule has 0 aliphatic carbocycles. The fraction of sp³-hybridized carbons (Fsp3) is 0.464. The normalized spacial score (nSPS) is 27.8. The minimum Gasteiger partial charge on any atom is -0.481 e. The molecule has 8 nitrogen and oxygen atoms in total. The highest BCUT2D eigenvalue weighted by atomic mass is 16.5. The van der Waals surface area contributed by atoms with Gasteiger partial charge in [0.1, 0.15) is 6.10 Å². The summed E-state index contributed by atoms with van der Waals surface area (Å²) in [6.07, 6.45) is 20.5. The molecule has 0 fully saturated rings. The smallest absolute Gasteiger partial charge is 0.331 e. The van der Waals surface area contributed by atoms with Crippen molar-refractivity contribution in [3.8, 4) is 0 Å². The Morgan fingerprint density at radius 3 is 2.44 bits per heavy atom. The summed E-state index contributed by atoms with van der Waals surface area (Å²) in [7, 11) is 0. The molecule has 0 amide bonds. The molecule has 0 unspecified atom stereocenters. The number of aliphatic hydroxyl groups excluding tert-OH is 2. The van der Waals surface area contributed by atoms with Gasteiger partial charge in [0.25, 0.3) is 0 Å². The van der Waals surface area contributed by atoms with Crippen LogP contribution in [0.25, 0.3) is 0 Å². The highest BCUT2D eigenvalue weighted by molar-refractivity contribution is 5.82. The SMILES string of the molecule is C[C@@H]1CCC/C=C\C=C/[C@H](O)C[C@@H](O)CC=CC=C[C@@H](OC(=O)CCC(=O)O)C/C=C\C=CC(=O)O1. The van der Waals surface area contributed by atoms with Gasteiger partial charge in [-0.3, -0.25) is 9.59 Å². The highest BCUT2D eigenvalue weighted by Gasteiger charge is 2.12. The van der Waals surface area contributed by atoms with E-state index < -0.39 is 36.2 Å². The van der Waals surface area contributed by atoms with E-state index in [2.05, 4.69) is 0 Å². The van der Waals surface area contributed by atoms with E-state index in [0.29, 0.717) is 19.3 Å². The van der Waals surface area contributed by atoms with Crippen LogP contribution in [0.3, 0.4) is 0 Å². The second kappa shape index (κ2) is 19.0. The van der Waals surface area contributed by atoms with Crippen molar-refractivity contribution < 1.29 is 39.2 Å². The van der Waals surface area contributed by atoms with Crippen LogP contribution < -0.4 is 0 Å². The fourth-order valence-corrected chi connectivity index (χ4v) is 3.17. The summed E-state index contributed by atoms with van der Waals surface area (Å²) < 4.78 is 10.7. The Bertz CT molecular complexity index is 850. The maximum absolute atomic E-state index is 11.9. The number of allylic oxidation sites excluding steroid dienone is 7. The number of aliphatic hydroxyl groups is 2. The van der Waals surface area contributed by atoms with Gasteiger partial charge in [-0.05, 0) is 38.7 Å². The molecule has 8 heteroatoms. The van der Waals surface area contributed by atoms with Gasteiger partial charge in [-0.25, -0.2) is 4.79 Å². The molecule has 0 aromatic heterocycles. The number of carbonyl (C=O) groups is 3. The van der Waals surface area contributed by atoms with Crippen LogP contribution in [0.4, 0.5) is 0 Å². The van der Waals surface area contributed by atoms with Gasteiger partial charge in [-0.15, -0.1) is 0 Å². The maximum Gasteiger partial charge on any atom is 0.331 e. The molecular weight excluding hydrogens is 464 g/mol. The second-order valence-corrected chi connectivity index (χ2v) is 8.44. The number of esters is 2. The number of aliphatic carboxylic acids is 1. The zero-order valence-electron chi connectivity index (χ0n) is 20.8. The molecule has 4 atom stereocenters. The molecule has 1 aliphatic heterocycles. The molecule has 198 valence electrons. The van der Waals surface area contributed by atoms with Crippen LogP contribution in [0.2, 0.25) is 0 Å². The Kier molecular flexibility index (Phi) is 16.3. The van der Waals surface area contributed by atoms with Gasteiger partial charge >= 0.3 is 17.9 Å². The molecule has 0 radical (unpaired) electrons. The Morgan fingerprint density at radius 2 is 1.67 bits per heavy atom. The third kappa shape index (κ3) is 17.2. The van der Waals surface area contributed by atoms with Gasteiger partial charge in [0.05, 0.1) is 31.2 Å². The summed E-state index contributed by atoms with van der Waals surface area (Å²) in [6.45, 7) is 1.83. The number of hydrogen-bond donors (Lipinski definition) is 3. The second-order valence-electron chi connectivity index (χ2n) is 8.44. The molecule has 0 aromatic rings. The summed E-state index contributed by atoms with van der Waals surface area (Å²) in [5.41, 5.74) is 0. The van der Waals surface area contributed by atoms with E-state index in [4.69, 9.17) is 14.6 Å². The van der Waals surface area contributed by atoms with Gasteiger partial charge in [-0.2, -0.15) is 0 Å². The van der Waals surface area contributed by atoms with Crippen molar-refractivity contribution in [1.82, 2.24) is 0 Å². The van der Waals surface area contributed by atoms with Crippen LogP contribution in [-0.4, -0.2) is 57.6 Å². The Balaban J connectivity index is 2.86. The maximum atomic E-state index is 11.9. The largest absolute Gasteiger partial charge is 0.481 e. The number of hydrogen-bond acceptors (Lipinski definition) is 7. The fourth-order valence-electron chi connectivity index (χ4n) is 3.17. The zero-order valence-corrected chi connectivity index (χ0v) is 20.8. The molecule has 0 saturated carbocycles. The summed E-state index contributed by atoms with van der Waals surface area (Å²) in [6, 6.07) is 0. The van der Waals surface area contributed by atoms with Crippen LogP contribution in [0.1, 0.15) is 58.3 Å². The summed E-state index contributed by atoms with van der Waals surface area (Å²) in [4.78, 5) is 34.6. The van der Waals surface area contributed by atoms with Gasteiger partial charge in [0.15, 0.2) is 0 Å². The third-order valence-electron chi connectivity index (χ3n) is 5.05. The third-order valence-corrected chi connectivity index (χ3v) is 5.05. The Morgan fingerprint density at radius 1 is 0.972 bits per heavy atom. The van der Waals surface area contributed by atoms with Gasteiger partial charge in [-0.1, -0.05) is 60.8 Å². The van der Waals surface area contributed by atoms with Crippen molar-refractivity contribution in [2.45, 2.75) is 82.7 Å². The van der Waals surface area contributed by atoms with Crippen molar-refractivity contribution in [2.75, 3.05) is 0 Å². The lowest BCUT2D eigenvalue weighted by molar-refractivity contribution is -0.150. The van der Waals surface area contributed by atoms with Crippen LogP contribution in [0.15, 0.2) is 72.9 Å². The van der Waals surface area contributed by atoms with E-state index in [1.165, 1.54) is 6.08 Å². The highest BCUT2D eigenvalue weighted by Crippen LogP contribution is 2.09. The first-order chi connectivity index (χ1) is 17.3. The zero-order chi connectivity index (χ0) is 26.6. The molecule has 0 bridgehead atoms. The van der Waals surface area contributed by atoms with Crippen molar-refractivity contribution in [2.24, 2.45) is 0 Å². The predicted octanol–water partition coefficient (Wildman–Crippen LogP) is 4.11. The summed E-state index contributed by atoms with van der Waals surface area (Å²) in [5, 5.41) is 28.9. The first kappa shape index (κ1) is 30.8. The number of cyclic esters (lactones) is 1. The molecule has 1 aliphatic rings. The molecule has 0 aromatic carbocycles. The van der Waals surface area contributed by atoms with E-state index >= 15 is 0 Å². The molecule has 1 heterocycles. The van der Waals surface area contributed by atoms with Crippen molar-refractivity contribution >= 4 is 17.9 Å².